The first-order valence-electron chi connectivity index (χ1n) is 6.69. The van der Waals surface area contributed by atoms with Crippen molar-refractivity contribution in [3.05, 3.63) is 63.7 Å². The Hall–Kier alpha value is -2.33. The summed E-state index contributed by atoms with van der Waals surface area (Å²) in [5.74, 6) is -0.760. The molecule has 0 radical (unpaired) electrons. The quantitative estimate of drug-likeness (QED) is 0.871. The molecule has 1 N–H and O–H groups in total. The molecular weight excluding hydrogens is 302 g/mol. The molecule has 0 bridgehead atoms. The molecule has 0 spiro atoms. The largest absolute Gasteiger partial charge is 0.465 e. The lowest BCUT2D eigenvalue weighted by atomic mass is 10.0. The molecule has 22 heavy (non-hydrogen) atoms. The molecule has 0 unspecified atom stereocenters. The highest BCUT2D eigenvalue weighted by molar-refractivity contribution is 6.34. The van der Waals surface area contributed by atoms with Gasteiger partial charge in [-0.15, -0.1) is 0 Å². The summed E-state index contributed by atoms with van der Waals surface area (Å²) in [6, 6.07) is 10.1. The predicted octanol–water partition coefficient (Wildman–Crippen LogP) is 4.00. The standard InChI is InChI=1S/C17H16ClNO3/c1-10-5-4-6-13(11(10)2)16(20)19-15-9-12(17(21)22-3)7-8-14(15)18/h4-9H,1-3H3,(H,19,20). The van der Waals surface area contributed by atoms with Gasteiger partial charge in [0.2, 0.25) is 0 Å². The summed E-state index contributed by atoms with van der Waals surface area (Å²) < 4.78 is 4.66. The minimum Gasteiger partial charge on any atom is -0.465 e. The third-order valence-electron chi connectivity index (χ3n) is 3.48. The number of nitrogens with one attached hydrogen (secondary N) is 1. The molecule has 0 aliphatic carbocycles. The molecule has 114 valence electrons. The molecule has 0 aliphatic heterocycles. The molecule has 4 nitrogen and oxygen atoms in total. The fraction of sp³-hybridized carbons (Fsp3) is 0.176. The molecule has 2 rings (SSSR count). The van der Waals surface area contributed by atoms with E-state index in [4.69, 9.17) is 11.6 Å². The number of ether oxygens (including phenoxy) is 1. The maximum Gasteiger partial charge on any atom is 0.337 e. The van der Waals surface area contributed by atoms with E-state index in [1.807, 2.05) is 26.0 Å². The van der Waals surface area contributed by atoms with Gasteiger partial charge in [0.15, 0.2) is 0 Å². The molecule has 2 aromatic rings. The number of hydrogen-bond acceptors (Lipinski definition) is 3. The van der Waals surface area contributed by atoms with Gasteiger partial charge in [0.25, 0.3) is 5.91 Å². The van der Waals surface area contributed by atoms with E-state index in [9.17, 15) is 9.59 Å². The van der Waals surface area contributed by atoms with Crippen LogP contribution in [0.5, 0.6) is 0 Å². The van der Waals surface area contributed by atoms with Gasteiger partial charge in [-0.2, -0.15) is 0 Å². The number of hydrogen-bond donors (Lipinski definition) is 1. The molecular formula is C17H16ClNO3. The van der Waals surface area contributed by atoms with E-state index in [-0.39, 0.29) is 5.91 Å². The summed E-state index contributed by atoms with van der Waals surface area (Å²) in [7, 11) is 1.30. The van der Waals surface area contributed by atoms with E-state index in [1.54, 1.807) is 18.2 Å². The molecule has 0 atom stereocenters. The Kier molecular flexibility index (Phi) is 4.83. The average Bonchev–Trinajstić information content (AvgIpc) is 2.51. The monoisotopic (exact) mass is 317 g/mol. The SMILES string of the molecule is COC(=O)c1ccc(Cl)c(NC(=O)c2cccc(C)c2C)c1. The van der Waals surface area contributed by atoms with Crippen molar-refractivity contribution in [1.29, 1.82) is 0 Å². The second-order valence-electron chi connectivity index (χ2n) is 4.89. The number of amides is 1. The van der Waals surface area contributed by atoms with Gasteiger partial charge in [0.05, 0.1) is 23.4 Å². The number of anilines is 1. The van der Waals surface area contributed by atoms with Crippen molar-refractivity contribution in [2.45, 2.75) is 13.8 Å². The van der Waals surface area contributed by atoms with E-state index in [2.05, 4.69) is 10.1 Å². The van der Waals surface area contributed by atoms with Crippen molar-refractivity contribution < 1.29 is 14.3 Å². The minimum atomic E-state index is -0.487. The number of carbonyl (C=O) groups excluding carboxylic acids is 2. The van der Waals surface area contributed by atoms with E-state index >= 15 is 0 Å². The minimum absolute atomic E-state index is 0.273. The molecule has 1 amide bonds. The lowest BCUT2D eigenvalue weighted by Crippen LogP contribution is -2.14. The van der Waals surface area contributed by atoms with Crippen LogP contribution in [0.25, 0.3) is 0 Å². The smallest absolute Gasteiger partial charge is 0.337 e. The second-order valence-corrected chi connectivity index (χ2v) is 5.30. The van der Waals surface area contributed by atoms with Gasteiger partial charge in [-0.1, -0.05) is 23.7 Å². The highest BCUT2D eigenvalue weighted by Crippen LogP contribution is 2.25. The third kappa shape index (κ3) is 3.28. The molecule has 0 saturated heterocycles. The van der Waals surface area contributed by atoms with Crippen molar-refractivity contribution in [2.75, 3.05) is 12.4 Å². The van der Waals surface area contributed by atoms with Crippen molar-refractivity contribution in [3.63, 3.8) is 0 Å². The maximum absolute atomic E-state index is 12.4. The van der Waals surface area contributed by atoms with Crippen LogP contribution in [0.4, 0.5) is 5.69 Å². The van der Waals surface area contributed by atoms with Crippen LogP contribution in [0, 0.1) is 13.8 Å². The zero-order chi connectivity index (χ0) is 16.3. The van der Waals surface area contributed by atoms with E-state index < -0.39 is 5.97 Å². The van der Waals surface area contributed by atoms with Crippen molar-refractivity contribution in [3.8, 4) is 0 Å². The maximum atomic E-state index is 12.4. The number of halogens is 1. The summed E-state index contributed by atoms with van der Waals surface area (Å²) >= 11 is 6.08. The first-order valence-corrected chi connectivity index (χ1v) is 7.07. The predicted molar refractivity (Wildman–Crippen MR) is 86.7 cm³/mol. The molecule has 0 aliphatic rings. The fourth-order valence-electron chi connectivity index (χ4n) is 2.05. The number of methoxy groups -OCH3 is 1. The number of aryl methyl sites for hydroxylation is 1. The van der Waals surface area contributed by atoms with Crippen molar-refractivity contribution >= 4 is 29.2 Å². The van der Waals surface area contributed by atoms with Crippen LogP contribution in [0.3, 0.4) is 0 Å². The Morgan fingerprint density at radius 3 is 2.55 bits per heavy atom. The summed E-state index contributed by atoms with van der Waals surface area (Å²) in [5.41, 5.74) is 3.19. The van der Waals surface area contributed by atoms with Crippen LogP contribution in [-0.4, -0.2) is 19.0 Å². The van der Waals surface area contributed by atoms with Crippen LogP contribution in [0.2, 0.25) is 5.02 Å². The zero-order valence-electron chi connectivity index (χ0n) is 12.6. The molecule has 0 fully saturated rings. The summed E-state index contributed by atoms with van der Waals surface area (Å²) in [4.78, 5) is 24.0. The number of rotatable bonds is 3. The van der Waals surface area contributed by atoms with Gasteiger partial charge in [0, 0.05) is 5.56 Å². The van der Waals surface area contributed by atoms with Gasteiger partial charge in [-0.05, 0) is 49.2 Å². The molecule has 5 heteroatoms. The lowest BCUT2D eigenvalue weighted by molar-refractivity contribution is 0.0600. The normalized spacial score (nSPS) is 10.2. The van der Waals surface area contributed by atoms with Crippen LogP contribution in [0.15, 0.2) is 36.4 Å². The van der Waals surface area contributed by atoms with E-state index in [0.717, 1.165) is 11.1 Å². The fourth-order valence-corrected chi connectivity index (χ4v) is 2.22. The Bertz CT molecular complexity index is 741. The summed E-state index contributed by atoms with van der Waals surface area (Å²) in [6.07, 6.45) is 0. The third-order valence-corrected chi connectivity index (χ3v) is 3.81. The Balaban J connectivity index is 2.32. The highest BCUT2D eigenvalue weighted by Gasteiger charge is 2.14. The van der Waals surface area contributed by atoms with E-state index in [1.165, 1.54) is 13.2 Å². The second kappa shape index (κ2) is 6.62. The van der Waals surface area contributed by atoms with Crippen LogP contribution in [-0.2, 0) is 4.74 Å². The first kappa shape index (κ1) is 16.0. The molecule has 2 aromatic carbocycles. The Labute approximate surface area is 134 Å². The zero-order valence-corrected chi connectivity index (χ0v) is 13.3. The molecule has 0 saturated carbocycles. The van der Waals surface area contributed by atoms with E-state index in [0.29, 0.717) is 21.8 Å². The lowest BCUT2D eigenvalue weighted by Gasteiger charge is -2.11. The van der Waals surface area contributed by atoms with Gasteiger partial charge in [-0.25, -0.2) is 4.79 Å². The number of benzene rings is 2. The highest BCUT2D eigenvalue weighted by atomic mass is 35.5. The molecule has 0 heterocycles. The summed E-state index contributed by atoms with van der Waals surface area (Å²) in [5, 5.41) is 3.09. The van der Waals surface area contributed by atoms with Crippen molar-refractivity contribution in [1.82, 2.24) is 0 Å². The Morgan fingerprint density at radius 2 is 1.86 bits per heavy atom. The average molecular weight is 318 g/mol. The van der Waals surface area contributed by atoms with Gasteiger partial charge in [0.1, 0.15) is 0 Å². The van der Waals surface area contributed by atoms with Crippen LogP contribution >= 0.6 is 11.6 Å². The topological polar surface area (TPSA) is 55.4 Å². The Morgan fingerprint density at radius 1 is 1.14 bits per heavy atom. The van der Waals surface area contributed by atoms with Crippen LogP contribution in [0.1, 0.15) is 31.8 Å². The number of carbonyl (C=O) groups is 2. The van der Waals surface area contributed by atoms with Crippen molar-refractivity contribution in [2.24, 2.45) is 0 Å². The molecule has 0 aromatic heterocycles. The number of esters is 1. The van der Waals surface area contributed by atoms with Gasteiger partial charge < -0.3 is 10.1 Å². The first-order chi connectivity index (χ1) is 10.4. The van der Waals surface area contributed by atoms with Gasteiger partial charge in [-0.3, -0.25) is 4.79 Å². The van der Waals surface area contributed by atoms with Crippen LogP contribution < -0.4 is 5.32 Å². The summed E-state index contributed by atoms with van der Waals surface area (Å²) in [6.45, 7) is 3.83. The van der Waals surface area contributed by atoms with Gasteiger partial charge >= 0.3 is 5.97 Å².